The van der Waals surface area contributed by atoms with Crippen LogP contribution in [0.25, 0.3) is 0 Å². The molecule has 0 aromatic carbocycles. The molecule has 2 aromatic rings. The SMILES string of the molecule is CCOC(=O)C(=O)N[C@H]1CCc2nc(NC(=O)c3cc(Br)c(Br)[nH]3)sc2C1. The number of anilines is 1. The number of nitrogens with zero attached hydrogens (tertiary/aromatic N) is 1. The predicted octanol–water partition coefficient (Wildman–Crippen LogP) is 2.79. The Morgan fingerprint density at radius 3 is 2.85 bits per heavy atom. The molecule has 8 nitrogen and oxygen atoms in total. The number of esters is 1. The quantitative estimate of drug-likeness (QED) is 0.424. The highest BCUT2D eigenvalue weighted by molar-refractivity contribution is 9.13. The Labute approximate surface area is 175 Å². The Bertz CT molecular complexity index is 876. The third-order valence-electron chi connectivity index (χ3n) is 3.93. The molecule has 3 rings (SSSR count). The number of rotatable bonds is 4. The topological polar surface area (TPSA) is 113 Å². The molecule has 0 radical (unpaired) electrons. The molecule has 0 saturated heterocycles. The third-order valence-corrected chi connectivity index (χ3v) is 6.74. The van der Waals surface area contributed by atoms with Crippen LogP contribution in [-0.4, -0.2) is 40.4 Å². The lowest BCUT2D eigenvalue weighted by Crippen LogP contribution is -2.42. The number of thiazole rings is 1. The molecule has 0 saturated carbocycles. The van der Waals surface area contributed by atoms with Gasteiger partial charge in [-0.15, -0.1) is 11.3 Å². The number of aromatic amines is 1. The molecule has 2 heterocycles. The second-order valence-corrected chi connectivity index (χ2v) is 8.55. The summed E-state index contributed by atoms with van der Waals surface area (Å²) in [5.41, 5.74) is 1.31. The number of carbonyl (C=O) groups excluding carboxylic acids is 3. The van der Waals surface area contributed by atoms with Crippen LogP contribution in [0.3, 0.4) is 0 Å². The first-order chi connectivity index (χ1) is 12.9. The predicted molar refractivity (Wildman–Crippen MR) is 107 cm³/mol. The molecule has 2 aromatic heterocycles. The first-order valence-corrected chi connectivity index (χ1v) is 10.6. The minimum atomic E-state index is -0.871. The van der Waals surface area contributed by atoms with Gasteiger partial charge in [0, 0.05) is 17.3 Å². The van der Waals surface area contributed by atoms with Crippen molar-refractivity contribution in [3.8, 4) is 0 Å². The van der Waals surface area contributed by atoms with Gasteiger partial charge >= 0.3 is 11.9 Å². The highest BCUT2D eigenvalue weighted by Crippen LogP contribution is 2.30. The third kappa shape index (κ3) is 4.77. The summed E-state index contributed by atoms with van der Waals surface area (Å²) >= 11 is 7.99. The molecule has 0 fully saturated rings. The molecule has 1 atom stereocenters. The summed E-state index contributed by atoms with van der Waals surface area (Å²) in [4.78, 5) is 43.9. The molecule has 0 spiro atoms. The van der Waals surface area contributed by atoms with Gasteiger partial charge in [-0.3, -0.25) is 14.9 Å². The van der Waals surface area contributed by atoms with Gasteiger partial charge in [0.1, 0.15) is 5.69 Å². The smallest absolute Gasteiger partial charge is 0.396 e. The van der Waals surface area contributed by atoms with Crippen LogP contribution in [0.4, 0.5) is 5.13 Å². The average molecular weight is 520 g/mol. The number of aryl methyl sites for hydroxylation is 1. The van der Waals surface area contributed by atoms with Crippen LogP contribution in [0, 0.1) is 0 Å². The molecule has 144 valence electrons. The molecular weight excluding hydrogens is 504 g/mol. The molecular formula is C16H16Br2N4O4S. The van der Waals surface area contributed by atoms with E-state index in [1.807, 2.05) is 0 Å². The lowest BCUT2D eigenvalue weighted by Gasteiger charge is -2.21. The molecule has 0 unspecified atom stereocenters. The molecule has 0 aliphatic heterocycles. The Kier molecular flexibility index (Phi) is 6.33. The van der Waals surface area contributed by atoms with Gasteiger partial charge < -0.3 is 15.0 Å². The number of amides is 2. The van der Waals surface area contributed by atoms with E-state index in [1.165, 1.54) is 11.3 Å². The van der Waals surface area contributed by atoms with E-state index >= 15 is 0 Å². The summed E-state index contributed by atoms with van der Waals surface area (Å²) in [6.45, 7) is 1.81. The van der Waals surface area contributed by atoms with Gasteiger partial charge in [-0.2, -0.15) is 0 Å². The standard InChI is InChI=1S/C16H16Br2N4O4S/c1-2-26-15(25)14(24)19-7-3-4-9-11(5-7)27-16(21-9)22-13(23)10-6-8(17)12(18)20-10/h6-7,20H,2-5H2,1H3,(H,19,24)(H,21,22,23)/t7-/m0/s1. The molecule has 3 N–H and O–H groups in total. The average Bonchev–Trinajstić information content (AvgIpc) is 3.17. The summed E-state index contributed by atoms with van der Waals surface area (Å²) in [7, 11) is 0. The minimum Gasteiger partial charge on any atom is -0.459 e. The summed E-state index contributed by atoms with van der Waals surface area (Å²) in [5.74, 6) is -1.89. The fourth-order valence-corrected chi connectivity index (χ4v) is 4.42. The monoisotopic (exact) mass is 518 g/mol. The Morgan fingerprint density at radius 1 is 1.41 bits per heavy atom. The number of H-pyrrole nitrogens is 1. The van der Waals surface area contributed by atoms with Crippen molar-refractivity contribution in [2.24, 2.45) is 0 Å². The van der Waals surface area contributed by atoms with Gasteiger partial charge in [0.05, 0.1) is 21.4 Å². The maximum atomic E-state index is 12.3. The van der Waals surface area contributed by atoms with Crippen LogP contribution in [-0.2, 0) is 27.2 Å². The second-order valence-electron chi connectivity index (χ2n) is 5.82. The number of aromatic nitrogens is 2. The van der Waals surface area contributed by atoms with Crippen molar-refractivity contribution in [3.05, 3.63) is 31.4 Å². The number of halogens is 2. The maximum absolute atomic E-state index is 12.3. The van der Waals surface area contributed by atoms with Crippen LogP contribution in [0.1, 0.15) is 34.4 Å². The van der Waals surface area contributed by atoms with Gasteiger partial charge in [-0.05, 0) is 57.7 Å². The largest absolute Gasteiger partial charge is 0.459 e. The molecule has 0 bridgehead atoms. The van der Waals surface area contributed by atoms with E-state index in [1.54, 1.807) is 13.0 Å². The maximum Gasteiger partial charge on any atom is 0.396 e. The zero-order chi connectivity index (χ0) is 19.6. The summed E-state index contributed by atoms with van der Waals surface area (Å²) in [5, 5.41) is 5.98. The van der Waals surface area contributed by atoms with E-state index in [9.17, 15) is 14.4 Å². The summed E-state index contributed by atoms with van der Waals surface area (Å²) < 4.78 is 6.14. The van der Waals surface area contributed by atoms with Crippen LogP contribution in [0.2, 0.25) is 0 Å². The lowest BCUT2D eigenvalue weighted by molar-refractivity contribution is -0.154. The minimum absolute atomic E-state index is 0.159. The van der Waals surface area contributed by atoms with Crippen LogP contribution in [0.15, 0.2) is 15.1 Å². The summed E-state index contributed by atoms with van der Waals surface area (Å²) in [6.07, 6.45) is 1.90. The fraction of sp³-hybridized carbons (Fsp3) is 0.375. The van der Waals surface area contributed by atoms with Crippen molar-refractivity contribution in [3.63, 3.8) is 0 Å². The zero-order valence-electron chi connectivity index (χ0n) is 14.2. The van der Waals surface area contributed by atoms with Crippen LogP contribution < -0.4 is 10.6 Å². The van der Waals surface area contributed by atoms with Gasteiger partial charge in [-0.25, -0.2) is 9.78 Å². The summed E-state index contributed by atoms with van der Waals surface area (Å²) in [6, 6.07) is 1.52. The molecule has 2 amide bonds. The molecule has 27 heavy (non-hydrogen) atoms. The first-order valence-electron chi connectivity index (χ1n) is 8.19. The zero-order valence-corrected chi connectivity index (χ0v) is 18.2. The van der Waals surface area contributed by atoms with Gasteiger partial charge in [-0.1, -0.05) is 0 Å². The Hall–Kier alpha value is -1.72. The number of hydrogen-bond donors (Lipinski definition) is 3. The van der Waals surface area contributed by atoms with E-state index in [2.05, 4.69) is 52.5 Å². The highest BCUT2D eigenvalue weighted by atomic mass is 79.9. The molecule has 11 heteroatoms. The van der Waals surface area contributed by atoms with Crippen molar-refractivity contribution in [2.75, 3.05) is 11.9 Å². The highest BCUT2D eigenvalue weighted by Gasteiger charge is 2.26. The van der Waals surface area contributed by atoms with E-state index in [-0.39, 0.29) is 18.6 Å². The number of fused-ring (bicyclic) bond motifs is 1. The van der Waals surface area contributed by atoms with Crippen LogP contribution >= 0.6 is 43.2 Å². The molecule has 1 aliphatic rings. The second kappa shape index (κ2) is 8.53. The first kappa shape index (κ1) is 20.0. The number of carbonyl (C=O) groups is 3. The number of hydrogen-bond acceptors (Lipinski definition) is 6. The molecule has 1 aliphatic carbocycles. The van der Waals surface area contributed by atoms with Crippen molar-refractivity contribution in [2.45, 2.75) is 32.2 Å². The Morgan fingerprint density at radius 2 is 2.19 bits per heavy atom. The van der Waals surface area contributed by atoms with Crippen LogP contribution in [0.5, 0.6) is 0 Å². The van der Waals surface area contributed by atoms with E-state index in [0.717, 1.165) is 15.0 Å². The normalized spacial score (nSPS) is 15.7. The van der Waals surface area contributed by atoms with Crippen molar-refractivity contribution >= 4 is 66.1 Å². The van der Waals surface area contributed by atoms with E-state index in [4.69, 9.17) is 4.74 Å². The van der Waals surface area contributed by atoms with Crippen molar-refractivity contribution < 1.29 is 19.1 Å². The number of ether oxygens (including phenoxy) is 1. The van der Waals surface area contributed by atoms with Crippen molar-refractivity contribution in [1.82, 2.24) is 15.3 Å². The number of nitrogens with one attached hydrogen (secondary N) is 3. The van der Waals surface area contributed by atoms with Crippen molar-refractivity contribution in [1.29, 1.82) is 0 Å². The Balaban J connectivity index is 1.62. The van der Waals surface area contributed by atoms with Gasteiger partial charge in [0.15, 0.2) is 5.13 Å². The van der Waals surface area contributed by atoms with Gasteiger partial charge in [0.2, 0.25) is 0 Å². The van der Waals surface area contributed by atoms with Gasteiger partial charge in [0.25, 0.3) is 5.91 Å². The van der Waals surface area contributed by atoms with E-state index in [0.29, 0.717) is 34.7 Å². The van der Waals surface area contributed by atoms with E-state index < -0.39 is 11.9 Å². The lowest BCUT2D eigenvalue weighted by atomic mass is 9.98. The fourth-order valence-electron chi connectivity index (χ4n) is 2.68.